The second-order valence-corrected chi connectivity index (χ2v) is 5.99. The Morgan fingerprint density at radius 3 is 2.47 bits per heavy atom. The van der Waals surface area contributed by atoms with Crippen molar-refractivity contribution in [2.75, 3.05) is 13.2 Å². The van der Waals surface area contributed by atoms with Crippen LogP contribution in [-0.2, 0) is 4.74 Å². The summed E-state index contributed by atoms with van der Waals surface area (Å²) in [6.45, 7) is 7.87. The fourth-order valence-corrected chi connectivity index (χ4v) is 2.62. The van der Waals surface area contributed by atoms with Crippen molar-refractivity contribution < 1.29 is 9.13 Å². The highest BCUT2D eigenvalue weighted by Gasteiger charge is 2.31. The molecule has 0 radical (unpaired) electrons. The first-order valence-electron chi connectivity index (χ1n) is 7.13. The number of halogens is 1. The molecule has 1 aliphatic rings. The van der Waals surface area contributed by atoms with E-state index >= 15 is 0 Å². The molecule has 0 aromatic heterocycles. The van der Waals surface area contributed by atoms with Gasteiger partial charge in [-0.05, 0) is 57.2 Å². The summed E-state index contributed by atoms with van der Waals surface area (Å²) in [5, 5.41) is 3.56. The average molecular weight is 265 g/mol. The van der Waals surface area contributed by atoms with Gasteiger partial charge < -0.3 is 10.1 Å². The molecule has 0 aliphatic heterocycles. The van der Waals surface area contributed by atoms with Crippen molar-refractivity contribution in [3.05, 3.63) is 35.6 Å². The smallest absolute Gasteiger partial charge is 0.123 e. The molecule has 1 aliphatic carbocycles. The van der Waals surface area contributed by atoms with E-state index < -0.39 is 0 Å². The van der Waals surface area contributed by atoms with Gasteiger partial charge >= 0.3 is 0 Å². The highest BCUT2D eigenvalue weighted by atomic mass is 19.1. The Balaban J connectivity index is 1.73. The van der Waals surface area contributed by atoms with Gasteiger partial charge in [0, 0.05) is 19.2 Å². The summed E-state index contributed by atoms with van der Waals surface area (Å²) in [5.41, 5.74) is 1.15. The molecule has 2 nitrogen and oxygen atoms in total. The lowest BCUT2D eigenvalue weighted by Crippen LogP contribution is -2.47. The van der Waals surface area contributed by atoms with Crippen LogP contribution in [0.3, 0.4) is 0 Å². The summed E-state index contributed by atoms with van der Waals surface area (Å²) in [6, 6.07) is 7.47. The number of ether oxygens (including phenoxy) is 1. The van der Waals surface area contributed by atoms with Gasteiger partial charge in [0.1, 0.15) is 5.82 Å². The maximum absolute atomic E-state index is 12.8. The third-order valence-corrected chi connectivity index (χ3v) is 3.83. The summed E-state index contributed by atoms with van der Waals surface area (Å²) in [5.74, 6) is 0.421. The van der Waals surface area contributed by atoms with Gasteiger partial charge in [0.25, 0.3) is 0 Å². The molecule has 1 fully saturated rings. The van der Waals surface area contributed by atoms with Crippen molar-refractivity contribution in [3.63, 3.8) is 0 Å². The molecule has 2 rings (SSSR count). The maximum Gasteiger partial charge on any atom is 0.123 e. The minimum atomic E-state index is -0.156. The molecular weight excluding hydrogens is 241 g/mol. The lowest BCUT2D eigenvalue weighted by atomic mass is 9.76. The van der Waals surface area contributed by atoms with Crippen LogP contribution in [0.1, 0.15) is 45.1 Å². The van der Waals surface area contributed by atoms with Gasteiger partial charge in [-0.25, -0.2) is 4.39 Å². The minimum Gasteiger partial charge on any atom is -0.375 e. The van der Waals surface area contributed by atoms with Crippen molar-refractivity contribution in [2.45, 2.75) is 51.2 Å². The highest BCUT2D eigenvalue weighted by Crippen LogP contribution is 2.36. The topological polar surface area (TPSA) is 21.3 Å². The van der Waals surface area contributed by atoms with Gasteiger partial charge in [-0.15, -0.1) is 0 Å². The first kappa shape index (κ1) is 14.5. The Morgan fingerprint density at radius 1 is 1.26 bits per heavy atom. The molecule has 3 heteroatoms. The van der Waals surface area contributed by atoms with Gasteiger partial charge in [0.05, 0.1) is 5.60 Å². The third-order valence-electron chi connectivity index (χ3n) is 3.83. The number of hydrogen-bond acceptors (Lipinski definition) is 2. The molecule has 0 spiro atoms. The number of rotatable bonds is 6. The molecule has 0 amide bonds. The molecule has 0 bridgehead atoms. The normalized spacial score (nSPS) is 23.2. The zero-order valence-corrected chi connectivity index (χ0v) is 12.1. The number of benzene rings is 1. The first-order valence-corrected chi connectivity index (χ1v) is 7.13. The van der Waals surface area contributed by atoms with E-state index in [0.717, 1.165) is 26.0 Å². The average Bonchev–Trinajstić information content (AvgIpc) is 2.29. The van der Waals surface area contributed by atoms with Gasteiger partial charge in [0.15, 0.2) is 0 Å². The number of nitrogens with one attached hydrogen (secondary N) is 1. The fourth-order valence-electron chi connectivity index (χ4n) is 2.62. The summed E-state index contributed by atoms with van der Waals surface area (Å²) in [6.07, 6.45) is 2.27. The van der Waals surface area contributed by atoms with Crippen LogP contribution in [-0.4, -0.2) is 24.8 Å². The van der Waals surface area contributed by atoms with Crippen LogP contribution >= 0.6 is 0 Å². The Bertz CT molecular complexity index is 396. The SMILES string of the molecule is CCOC(C)(C)CNC1CC(c2ccc(F)cc2)C1. The van der Waals surface area contributed by atoms with Crippen molar-refractivity contribution >= 4 is 0 Å². The van der Waals surface area contributed by atoms with Crippen LogP contribution in [0.25, 0.3) is 0 Å². The largest absolute Gasteiger partial charge is 0.375 e. The van der Waals surface area contributed by atoms with Crippen LogP contribution < -0.4 is 5.32 Å². The number of hydrogen-bond donors (Lipinski definition) is 1. The first-order chi connectivity index (χ1) is 9.00. The van der Waals surface area contributed by atoms with Crippen LogP contribution in [0, 0.1) is 5.82 Å². The molecule has 0 atom stereocenters. The molecule has 1 aromatic carbocycles. The van der Waals surface area contributed by atoms with Crippen molar-refractivity contribution in [1.29, 1.82) is 0 Å². The predicted molar refractivity (Wildman–Crippen MR) is 75.9 cm³/mol. The van der Waals surface area contributed by atoms with Crippen LogP contribution in [0.2, 0.25) is 0 Å². The van der Waals surface area contributed by atoms with E-state index in [9.17, 15) is 4.39 Å². The van der Waals surface area contributed by atoms with Gasteiger partial charge in [-0.2, -0.15) is 0 Å². The van der Waals surface area contributed by atoms with E-state index in [1.165, 1.54) is 5.56 Å². The molecule has 0 saturated heterocycles. The van der Waals surface area contributed by atoms with E-state index in [0.29, 0.717) is 12.0 Å². The van der Waals surface area contributed by atoms with E-state index in [-0.39, 0.29) is 11.4 Å². The molecule has 19 heavy (non-hydrogen) atoms. The molecule has 1 N–H and O–H groups in total. The van der Waals surface area contributed by atoms with E-state index in [2.05, 4.69) is 19.2 Å². The molecule has 1 saturated carbocycles. The summed E-state index contributed by atoms with van der Waals surface area (Å²) < 4.78 is 18.5. The Hall–Kier alpha value is -0.930. The molecule has 106 valence electrons. The Labute approximate surface area is 115 Å². The fraction of sp³-hybridized carbons (Fsp3) is 0.625. The quantitative estimate of drug-likeness (QED) is 0.850. The molecule has 0 heterocycles. The summed E-state index contributed by atoms with van der Waals surface area (Å²) in [4.78, 5) is 0. The van der Waals surface area contributed by atoms with Crippen molar-refractivity contribution in [1.82, 2.24) is 5.32 Å². The van der Waals surface area contributed by atoms with Crippen molar-refractivity contribution in [3.8, 4) is 0 Å². The minimum absolute atomic E-state index is 0.101. The van der Waals surface area contributed by atoms with E-state index in [1.54, 1.807) is 12.1 Å². The lowest BCUT2D eigenvalue weighted by molar-refractivity contribution is -0.0128. The lowest BCUT2D eigenvalue weighted by Gasteiger charge is -2.38. The maximum atomic E-state index is 12.8. The highest BCUT2D eigenvalue weighted by molar-refractivity contribution is 5.23. The zero-order chi connectivity index (χ0) is 13.9. The molecular formula is C16H24FNO. The van der Waals surface area contributed by atoms with E-state index in [1.807, 2.05) is 19.1 Å². The van der Waals surface area contributed by atoms with Crippen LogP contribution in [0.15, 0.2) is 24.3 Å². The Morgan fingerprint density at radius 2 is 1.89 bits per heavy atom. The van der Waals surface area contributed by atoms with Crippen LogP contribution in [0.4, 0.5) is 4.39 Å². The monoisotopic (exact) mass is 265 g/mol. The van der Waals surface area contributed by atoms with Gasteiger partial charge in [-0.3, -0.25) is 0 Å². The van der Waals surface area contributed by atoms with Crippen molar-refractivity contribution in [2.24, 2.45) is 0 Å². The molecule has 1 aromatic rings. The second kappa shape index (κ2) is 6.02. The standard InChI is InChI=1S/C16H24FNO/c1-4-19-16(2,3)11-18-15-9-13(10-15)12-5-7-14(17)8-6-12/h5-8,13,15,18H,4,9-11H2,1-3H3. The summed E-state index contributed by atoms with van der Waals surface area (Å²) >= 11 is 0. The van der Waals surface area contributed by atoms with Gasteiger partial charge in [-0.1, -0.05) is 12.1 Å². The zero-order valence-electron chi connectivity index (χ0n) is 12.1. The summed E-state index contributed by atoms with van der Waals surface area (Å²) in [7, 11) is 0. The second-order valence-electron chi connectivity index (χ2n) is 5.99. The third kappa shape index (κ3) is 4.02. The predicted octanol–water partition coefficient (Wildman–Crippen LogP) is 3.48. The van der Waals surface area contributed by atoms with Crippen LogP contribution in [0.5, 0.6) is 0 Å². The molecule has 0 unspecified atom stereocenters. The van der Waals surface area contributed by atoms with E-state index in [4.69, 9.17) is 4.74 Å². The Kier molecular flexibility index (Phi) is 4.58. The van der Waals surface area contributed by atoms with Gasteiger partial charge in [0.2, 0.25) is 0 Å².